The lowest BCUT2D eigenvalue weighted by Gasteiger charge is -2.02. The predicted octanol–water partition coefficient (Wildman–Crippen LogP) is 2.11. The van der Waals surface area contributed by atoms with Gasteiger partial charge in [-0.1, -0.05) is 11.8 Å². The van der Waals surface area contributed by atoms with Gasteiger partial charge in [-0.05, 0) is 13.0 Å². The normalized spacial score (nSPS) is 10.7. The zero-order valence-electron chi connectivity index (χ0n) is 12.6. The molecule has 0 fully saturated rings. The number of anilines is 1. The number of esters is 1. The smallest absolute Gasteiger partial charge is 0.348 e. The van der Waals surface area contributed by atoms with E-state index in [9.17, 15) is 10.1 Å². The minimum atomic E-state index is -0.476. The summed E-state index contributed by atoms with van der Waals surface area (Å²) in [4.78, 5) is 20.8. The number of nitriles is 1. The number of aromatic nitrogens is 4. The number of rotatable bonds is 5. The van der Waals surface area contributed by atoms with Gasteiger partial charge >= 0.3 is 5.97 Å². The number of thioether (sulfide) groups is 1. The van der Waals surface area contributed by atoms with E-state index in [4.69, 9.17) is 10.5 Å². The molecule has 0 aliphatic carbocycles. The van der Waals surface area contributed by atoms with Crippen LogP contribution in [0.5, 0.6) is 0 Å². The van der Waals surface area contributed by atoms with Gasteiger partial charge in [-0.3, -0.25) is 0 Å². The molecule has 0 atom stereocenters. The maximum Gasteiger partial charge on any atom is 0.348 e. The van der Waals surface area contributed by atoms with Gasteiger partial charge in [0.15, 0.2) is 0 Å². The number of hydrogen-bond acceptors (Lipinski definition) is 9. The number of nitrogen functional groups attached to an aromatic ring is 1. The van der Waals surface area contributed by atoms with Crippen LogP contribution < -0.4 is 5.73 Å². The van der Waals surface area contributed by atoms with Crippen molar-refractivity contribution in [1.82, 2.24) is 19.6 Å². The Hall–Kier alpha value is -2.64. The van der Waals surface area contributed by atoms with E-state index < -0.39 is 5.97 Å². The Morgan fingerprint density at radius 1 is 1.58 bits per heavy atom. The van der Waals surface area contributed by atoms with Gasteiger partial charge in [0, 0.05) is 23.7 Å². The van der Waals surface area contributed by atoms with E-state index in [-0.39, 0.29) is 6.61 Å². The molecule has 0 radical (unpaired) electrons. The lowest BCUT2D eigenvalue weighted by atomic mass is 10.2. The van der Waals surface area contributed by atoms with Gasteiger partial charge in [-0.2, -0.15) is 10.2 Å². The number of ether oxygens (including phenoxy) is 1. The van der Waals surface area contributed by atoms with E-state index in [0.717, 1.165) is 11.3 Å². The van der Waals surface area contributed by atoms with Crippen LogP contribution in [0.3, 0.4) is 0 Å². The predicted molar refractivity (Wildman–Crippen MR) is 89.7 cm³/mol. The maximum absolute atomic E-state index is 12.1. The summed E-state index contributed by atoms with van der Waals surface area (Å²) in [6.45, 7) is 1.98. The molecule has 0 unspecified atom stereocenters. The summed E-state index contributed by atoms with van der Waals surface area (Å²) in [5.74, 6) is 0.341. The monoisotopic (exact) mass is 360 g/mol. The number of nitrogens with two attached hydrogens (primary N) is 1. The number of hydrogen-bond donors (Lipinski definition) is 1. The molecule has 3 rings (SSSR count). The van der Waals surface area contributed by atoms with Crippen LogP contribution in [0.25, 0.3) is 5.78 Å². The van der Waals surface area contributed by atoms with Gasteiger partial charge in [0.05, 0.1) is 12.2 Å². The molecule has 0 amide bonds. The van der Waals surface area contributed by atoms with E-state index in [1.54, 1.807) is 29.9 Å². The van der Waals surface area contributed by atoms with Gasteiger partial charge in [0.2, 0.25) is 5.16 Å². The van der Waals surface area contributed by atoms with Crippen molar-refractivity contribution < 1.29 is 9.53 Å². The minimum absolute atomic E-state index is 0.255. The first-order chi connectivity index (χ1) is 11.6. The van der Waals surface area contributed by atoms with Crippen molar-refractivity contribution in [3.8, 4) is 6.07 Å². The Morgan fingerprint density at radius 2 is 2.42 bits per heavy atom. The molecule has 3 aromatic rings. The van der Waals surface area contributed by atoms with Crippen LogP contribution in [0, 0.1) is 11.3 Å². The third-order valence-corrected chi connectivity index (χ3v) is 4.96. The second-order valence-electron chi connectivity index (χ2n) is 4.53. The van der Waals surface area contributed by atoms with Gasteiger partial charge in [-0.25, -0.2) is 14.3 Å². The second-order valence-corrected chi connectivity index (χ2v) is 6.52. The summed E-state index contributed by atoms with van der Waals surface area (Å²) >= 11 is 2.36. The second kappa shape index (κ2) is 6.86. The quantitative estimate of drug-likeness (QED) is 0.543. The highest BCUT2D eigenvalue weighted by molar-refractivity contribution is 7.98. The first-order valence-electron chi connectivity index (χ1n) is 6.92. The van der Waals surface area contributed by atoms with E-state index >= 15 is 0 Å². The van der Waals surface area contributed by atoms with Crippen molar-refractivity contribution in [2.24, 2.45) is 0 Å². The summed E-state index contributed by atoms with van der Waals surface area (Å²) in [6, 6.07) is 3.80. The standard InChI is InChI=1S/C14H12N6O2S2/c1-2-22-12(21)10-9(8(6-15)11(16)24-10)7-23-14-18-13-17-4-3-5-20(13)19-14/h3-5H,2,7,16H2,1H3. The van der Waals surface area contributed by atoms with E-state index in [1.165, 1.54) is 11.8 Å². The third kappa shape index (κ3) is 3.04. The fourth-order valence-electron chi connectivity index (χ4n) is 2.02. The fourth-order valence-corrected chi connectivity index (χ4v) is 3.89. The first kappa shape index (κ1) is 16.2. The molecular weight excluding hydrogens is 348 g/mol. The van der Waals surface area contributed by atoms with Gasteiger partial charge in [-0.15, -0.1) is 16.4 Å². The molecule has 0 saturated carbocycles. The number of thiophene rings is 1. The Kier molecular flexibility index (Phi) is 4.64. The van der Waals surface area contributed by atoms with Gasteiger partial charge in [0.1, 0.15) is 15.9 Å². The highest BCUT2D eigenvalue weighted by Crippen LogP contribution is 2.35. The largest absolute Gasteiger partial charge is 0.462 e. The van der Waals surface area contributed by atoms with Crippen molar-refractivity contribution in [2.75, 3.05) is 12.3 Å². The summed E-state index contributed by atoms with van der Waals surface area (Å²) in [6.07, 6.45) is 3.37. The van der Waals surface area contributed by atoms with Crippen LogP contribution >= 0.6 is 23.1 Å². The Morgan fingerprint density at radius 3 is 3.12 bits per heavy atom. The van der Waals surface area contributed by atoms with Crippen LogP contribution in [-0.4, -0.2) is 32.2 Å². The molecule has 3 heterocycles. The summed E-state index contributed by atoms with van der Waals surface area (Å²) in [7, 11) is 0. The van der Waals surface area contributed by atoms with Crippen LogP contribution in [0.2, 0.25) is 0 Å². The van der Waals surface area contributed by atoms with Crippen LogP contribution in [0.4, 0.5) is 5.00 Å². The van der Waals surface area contributed by atoms with Crippen molar-refractivity contribution in [3.63, 3.8) is 0 Å². The molecule has 0 bridgehead atoms. The lowest BCUT2D eigenvalue weighted by molar-refractivity contribution is 0.0531. The van der Waals surface area contributed by atoms with Crippen molar-refractivity contribution in [3.05, 3.63) is 34.5 Å². The number of carbonyl (C=O) groups excluding carboxylic acids is 1. The highest BCUT2D eigenvalue weighted by Gasteiger charge is 2.23. The molecule has 3 aromatic heterocycles. The number of nitrogens with zero attached hydrogens (tertiary/aromatic N) is 5. The molecule has 122 valence electrons. The van der Waals surface area contributed by atoms with Crippen molar-refractivity contribution in [1.29, 1.82) is 5.26 Å². The number of fused-ring (bicyclic) bond motifs is 1. The van der Waals surface area contributed by atoms with Crippen molar-refractivity contribution >= 4 is 39.8 Å². The zero-order valence-corrected chi connectivity index (χ0v) is 14.2. The minimum Gasteiger partial charge on any atom is -0.462 e. The lowest BCUT2D eigenvalue weighted by Crippen LogP contribution is -2.05. The Bertz CT molecular complexity index is 910. The zero-order chi connectivity index (χ0) is 17.1. The average molecular weight is 360 g/mol. The fraction of sp³-hybridized carbons (Fsp3) is 0.214. The van der Waals surface area contributed by atoms with Gasteiger partial charge in [0.25, 0.3) is 5.78 Å². The summed E-state index contributed by atoms with van der Waals surface area (Å²) in [5, 5.41) is 14.4. The molecule has 0 spiro atoms. The summed E-state index contributed by atoms with van der Waals surface area (Å²) < 4.78 is 6.59. The first-order valence-corrected chi connectivity index (χ1v) is 8.72. The molecule has 0 aromatic carbocycles. The average Bonchev–Trinajstić information content (AvgIpc) is 3.13. The van der Waals surface area contributed by atoms with E-state index in [2.05, 4.69) is 21.1 Å². The van der Waals surface area contributed by atoms with E-state index in [1.807, 2.05) is 0 Å². The van der Waals surface area contributed by atoms with Gasteiger partial charge < -0.3 is 10.5 Å². The van der Waals surface area contributed by atoms with Crippen LogP contribution in [0.15, 0.2) is 23.6 Å². The molecule has 0 saturated heterocycles. The maximum atomic E-state index is 12.1. The van der Waals surface area contributed by atoms with E-state index in [0.29, 0.717) is 37.7 Å². The molecular formula is C14H12N6O2S2. The molecule has 24 heavy (non-hydrogen) atoms. The Balaban J connectivity index is 1.88. The van der Waals surface area contributed by atoms with Crippen LogP contribution in [-0.2, 0) is 10.5 Å². The highest BCUT2D eigenvalue weighted by atomic mass is 32.2. The Labute approximate surface area is 145 Å². The SMILES string of the molecule is CCOC(=O)c1sc(N)c(C#N)c1CSc1nc2ncccn2n1. The molecule has 2 N–H and O–H groups in total. The van der Waals surface area contributed by atoms with Crippen LogP contribution in [0.1, 0.15) is 27.7 Å². The molecule has 8 nitrogen and oxygen atoms in total. The number of carbonyl (C=O) groups is 1. The molecule has 0 aliphatic rings. The summed E-state index contributed by atoms with van der Waals surface area (Å²) in [5.41, 5.74) is 6.70. The molecule has 0 aliphatic heterocycles. The topological polar surface area (TPSA) is 119 Å². The third-order valence-electron chi connectivity index (χ3n) is 3.05. The van der Waals surface area contributed by atoms with Crippen molar-refractivity contribution in [2.45, 2.75) is 17.8 Å². The molecule has 10 heteroatoms.